The van der Waals surface area contributed by atoms with Crippen molar-refractivity contribution in [2.75, 3.05) is 24.6 Å². The van der Waals surface area contributed by atoms with Crippen LogP contribution in [0.3, 0.4) is 0 Å². The SMILES string of the molecule is OCC1CCN(c2cncc3nnnn23)C1. The van der Waals surface area contributed by atoms with Crippen molar-refractivity contribution in [2.45, 2.75) is 6.42 Å². The molecule has 84 valence electrons. The summed E-state index contributed by atoms with van der Waals surface area (Å²) in [5.41, 5.74) is 0.643. The van der Waals surface area contributed by atoms with Gasteiger partial charge in [0.1, 0.15) is 0 Å². The summed E-state index contributed by atoms with van der Waals surface area (Å²) >= 11 is 0. The first-order valence-corrected chi connectivity index (χ1v) is 5.26. The number of fused-ring (bicyclic) bond motifs is 1. The predicted octanol–water partition coefficient (Wildman–Crippen LogP) is -0.662. The van der Waals surface area contributed by atoms with E-state index in [0.717, 1.165) is 25.3 Å². The van der Waals surface area contributed by atoms with Crippen LogP contribution in [0.5, 0.6) is 0 Å². The molecular formula is C9H12N6O. The van der Waals surface area contributed by atoms with Crippen molar-refractivity contribution in [3.63, 3.8) is 0 Å². The Morgan fingerprint density at radius 3 is 3.19 bits per heavy atom. The first-order valence-electron chi connectivity index (χ1n) is 5.26. The molecule has 1 atom stereocenters. The molecule has 1 unspecified atom stereocenters. The van der Waals surface area contributed by atoms with E-state index in [1.54, 1.807) is 16.9 Å². The van der Waals surface area contributed by atoms with Gasteiger partial charge in [0.2, 0.25) is 0 Å². The molecule has 0 radical (unpaired) electrons. The summed E-state index contributed by atoms with van der Waals surface area (Å²) in [6, 6.07) is 0. The van der Waals surface area contributed by atoms with Crippen LogP contribution in [0.4, 0.5) is 5.82 Å². The molecule has 1 aliphatic heterocycles. The van der Waals surface area contributed by atoms with Crippen molar-refractivity contribution in [1.82, 2.24) is 25.0 Å². The minimum Gasteiger partial charge on any atom is -0.396 e. The topological polar surface area (TPSA) is 79.4 Å². The van der Waals surface area contributed by atoms with Gasteiger partial charge in [-0.2, -0.15) is 4.52 Å². The molecule has 2 aromatic rings. The van der Waals surface area contributed by atoms with E-state index >= 15 is 0 Å². The molecule has 7 nitrogen and oxygen atoms in total. The number of nitrogens with zero attached hydrogens (tertiary/aromatic N) is 6. The van der Waals surface area contributed by atoms with Gasteiger partial charge in [0, 0.05) is 25.6 Å². The third-order valence-corrected chi connectivity index (χ3v) is 2.96. The number of tetrazole rings is 1. The predicted molar refractivity (Wildman–Crippen MR) is 56.0 cm³/mol. The van der Waals surface area contributed by atoms with Crippen LogP contribution in [0.2, 0.25) is 0 Å². The van der Waals surface area contributed by atoms with Crippen molar-refractivity contribution in [2.24, 2.45) is 5.92 Å². The molecule has 1 saturated heterocycles. The number of anilines is 1. The van der Waals surface area contributed by atoms with E-state index in [9.17, 15) is 0 Å². The minimum atomic E-state index is 0.232. The molecule has 7 heteroatoms. The van der Waals surface area contributed by atoms with E-state index < -0.39 is 0 Å². The summed E-state index contributed by atoms with van der Waals surface area (Å²) in [6.07, 6.45) is 4.38. The first kappa shape index (κ1) is 9.46. The number of hydrogen-bond acceptors (Lipinski definition) is 6. The zero-order valence-electron chi connectivity index (χ0n) is 8.69. The quantitative estimate of drug-likeness (QED) is 0.723. The summed E-state index contributed by atoms with van der Waals surface area (Å²) in [7, 11) is 0. The van der Waals surface area contributed by atoms with Crippen LogP contribution in [0.25, 0.3) is 5.65 Å². The molecule has 1 aliphatic rings. The Bertz CT molecular complexity index is 497. The molecule has 0 spiro atoms. The van der Waals surface area contributed by atoms with Crippen LogP contribution in [0.1, 0.15) is 6.42 Å². The van der Waals surface area contributed by atoms with Gasteiger partial charge in [0.25, 0.3) is 0 Å². The second-order valence-electron chi connectivity index (χ2n) is 4.00. The van der Waals surface area contributed by atoms with Gasteiger partial charge in [-0.05, 0) is 16.8 Å². The molecule has 2 aromatic heterocycles. The van der Waals surface area contributed by atoms with Gasteiger partial charge < -0.3 is 10.0 Å². The minimum absolute atomic E-state index is 0.232. The van der Waals surface area contributed by atoms with E-state index in [1.807, 2.05) is 0 Å². The fourth-order valence-corrected chi connectivity index (χ4v) is 2.07. The van der Waals surface area contributed by atoms with E-state index in [0.29, 0.717) is 11.6 Å². The van der Waals surface area contributed by atoms with Gasteiger partial charge >= 0.3 is 0 Å². The van der Waals surface area contributed by atoms with Crippen LogP contribution in [0.15, 0.2) is 12.4 Å². The second-order valence-corrected chi connectivity index (χ2v) is 4.00. The van der Waals surface area contributed by atoms with Crippen molar-refractivity contribution in [3.8, 4) is 0 Å². The van der Waals surface area contributed by atoms with E-state index in [2.05, 4.69) is 25.4 Å². The first-order chi connectivity index (χ1) is 7.88. The lowest BCUT2D eigenvalue weighted by Crippen LogP contribution is -2.23. The number of rotatable bonds is 2. The Morgan fingerprint density at radius 2 is 2.38 bits per heavy atom. The third-order valence-electron chi connectivity index (χ3n) is 2.96. The van der Waals surface area contributed by atoms with Crippen molar-refractivity contribution in [1.29, 1.82) is 0 Å². The van der Waals surface area contributed by atoms with Crippen molar-refractivity contribution in [3.05, 3.63) is 12.4 Å². The van der Waals surface area contributed by atoms with Gasteiger partial charge in [-0.25, -0.2) is 0 Å². The second kappa shape index (κ2) is 3.67. The molecule has 16 heavy (non-hydrogen) atoms. The maximum absolute atomic E-state index is 9.11. The maximum atomic E-state index is 9.11. The van der Waals surface area contributed by atoms with Crippen molar-refractivity contribution < 1.29 is 5.11 Å². The van der Waals surface area contributed by atoms with Gasteiger partial charge in [-0.1, -0.05) is 0 Å². The molecule has 1 fully saturated rings. The average molecular weight is 220 g/mol. The molecule has 3 rings (SSSR count). The lowest BCUT2D eigenvalue weighted by atomic mass is 10.1. The van der Waals surface area contributed by atoms with Gasteiger partial charge in [0.05, 0.1) is 12.4 Å². The fourth-order valence-electron chi connectivity index (χ4n) is 2.07. The lowest BCUT2D eigenvalue weighted by Gasteiger charge is -2.17. The molecule has 1 N–H and O–H groups in total. The van der Waals surface area contributed by atoms with Gasteiger partial charge in [-0.3, -0.25) is 4.98 Å². The Morgan fingerprint density at radius 1 is 1.44 bits per heavy atom. The number of aliphatic hydroxyl groups is 1. The Labute approximate surface area is 91.7 Å². The highest BCUT2D eigenvalue weighted by atomic mass is 16.3. The standard InChI is InChI=1S/C9H12N6O/c16-6-7-1-2-14(5-7)9-4-10-3-8-11-12-13-15(8)9/h3-4,7,16H,1-2,5-6H2. The zero-order valence-corrected chi connectivity index (χ0v) is 8.69. The van der Waals surface area contributed by atoms with Gasteiger partial charge in [-0.15, -0.1) is 5.10 Å². The highest BCUT2D eigenvalue weighted by molar-refractivity contribution is 5.46. The van der Waals surface area contributed by atoms with Crippen LogP contribution in [-0.4, -0.2) is 49.8 Å². The fraction of sp³-hybridized carbons (Fsp3) is 0.556. The lowest BCUT2D eigenvalue weighted by molar-refractivity contribution is 0.238. The molecule has 0 aromatic carbocycles. The van der Waals surface area contributed by atoms with E-state index in [-0.39, 0.29) is 6.61 Å². The number of aromatic nitrogens is 5. The van der Waals surface area contributed by atoms with Crippen LogP contribution < -0.4 is 4.90 Å². The maximum Gasteiger partial charge on any atom is 0.199 e. The number of hydrogen-bond donors (Lipinski definition) is 1. The highest BCUT2D eigenvalue weighted by Gasteiger charge is 2.24. The summed E-state index contributed by atoms with van der Waals surface area (Å²) in [5.74, 6) is 1.23. The smallest absolute Gasteiger partial charge is 0.199 e. The normalized spacial score (nSPS) is 20.8. The Balaban J connectivity index is 1.97. The molecular weight excluding hydrogens is 208 g/mol. The Kier molecular flexibility index (Phi) is 2.17. The third kappa shape index (κ3) is 1.40. The van der Waals surface area contributed by atoms with Crippen LogP contribution in [0, 0.1) is 5.92 Å². The van der Waals surface area contributed by atoms with Crippen LogP contribution >= 0.6 is 0 Å². The van der Waals surface area contributed by atoms with Crippen LogP contribution in [-0.2, 0) is 0 Å². The molecule has 0 saturated carbocycles. The van der Waals surface area contributed by atoms with Gasteiger partial charge in [0.15, 0.2) is 11.5 Å². The summed E-state index contributed by atoms with van der Waals surface area (Å²) in [4.78, 5) is 6.26. The summed E-state index contributed by atoms with van der Waals surface area (Å²) in [5, 5.41) is 20.5. The molecule has 3 heterocycles. The number of aliphatic hydroxyl groups excluding tert-OH is 1. The summed E-state index contributed by atoms with van der Waals surface area (Å²) in [6.45, 7) is 1.97. The zero-order chi connectivity index (χ0) is 11.0. The summed E-state index contributed by atoms with van der Waals surface area (Å²) < 4.78 is 1.67. The molecule has 0 amide bonds. The molecule has 0 aliphatic carbocycles. The highest BCUT2D eigenvalue weighted by Crippen LogP contribution is 2.22. The average Bonchev–Trinajstić information content (AvgIpc) is 2.97. The monoisotopic (exact) mass is 220 g/mol. The van der Waals surface area contributed by atoms with Crippen molar-refractivity contribution >= 4 is 11.5 Å². The Hall–Kier alpha value is -1.76. The largest absolute Gasteiger partial charge is 0.396 e. The molecule has 0 bridgehead atoms. The van der Waals surface area contributed by atoms with E-state index in [1.165, 1.54) is 0 Å². The van der Waals surface area contributed by atoms with E-state index in [4.69, 9.17) is 5.11 Å².